The number of carbonyl (C=O) groups is 1. The molecule has 1 N–H and O–H groups in total. The molecule has 0 saturated carbocycles. The normalized spacial score (nSPS) is 14.3. The molecule has 0 aliphatic carbocycles. The summed E-state index contributed by atoms with van der Waals surface area (Å²) in [6.07, 6.45) is 0. The van der Waals surface area contributed by atoms with Crippen LogP contribution in [0.25, 0.3) is 11.4 Å². The van der Waals surface area contributed by atoms with Crippen LogP contribution >= 0.6 is 23.2 Å². The first-order valence-electron chi connectivity index (χ1n) is 9.05. The molecular formula is C20H18Cl2N4O3. The van der Waals surface area contributed by atoms with Crippen LogP contribution in [-0.4, -0.2) is 52.2 Å². The Morgan fingerprint density at radius 3 is 2.45 bits per heavy atom. The topological polar surface area (TPSA) is 82.7 Å². The van der Waals surface area contributed by atoms with Gasteiger partial charge in [0.15, 0.2) is 5.75 Å². The van der Waals surface area contributed by atoms with Crippen LogP contribution in [0.3, 0.4) is 0 Å². The van der Waals surface area contributed by atoms with E-state index in [4.69, 9.17) is 27.7 Å². The van der Waals surface area contributed by atoms with Gasteiger partial charge in [-0.05, 0) is 36.8 Å². The highest BCUT2D eigenvalue weighted by Crippen LogP contribution is 2.35. The molecular weight excluding hydrogens is 415 g/mol. The Hall–Kier alpha value is -2.77. The Bertz CT molecular complexity index is 1040. The molecule has 1 saturated heterocycles. The number of amides is 1. The minimum atomic E-state index is -0.316. The molecule has 1 aliphatic rings. The summed E-state index contributed by atoms with van der Waals surface area (Å²) in [7, 11) is 0. The highest BCUT2D eigenvalue weighted by atomic mass is 35.5. The van der Waals surface area contributed by atoms with Crippen LogP contribution in [0, 0.1) is 6.92 Å². The lowest BCUT2D eigenvalue weighted by atomic mass is 10.2. The van der Waals surface area contributed by atoms with Crippen LogP contribution in [0.2, 0.25) is 10.0 Å². The van der Waals surface area contributed by atoms with Crippen molar-refractivity contribution in [1.29, 1.82) is 0 Å². The van der Waals surface area contributed by atoms with Crippen molar-refractivity contribution in [2.24, 2.45) is 0 Å². The molecule has 1 aliphatic heterocycles. The number of phenols is 1. The van der Waals surface area contributed by atoms with E-state index in [1.54, 1.807) is 4.90 Å². The number of hydrogen-bond acceptors (Lipinski definition) is 6. The van der Waals surface area contributed by atoms with Crippen molar-refractivity contribution >= 4 is 34.8 Å². The fourth-order valence-corrected chi connectivity index (χ4v) is 3.74. The predicted molar refractivity (Wildman–Crippen MR) is 111 cm³/mol. The summed E-state index contributed by atoms with van der Waals surface area (Å²) in [5.41, 5.74) is 2.80. The van der Waals surface area contributed by atoms with Crippen molar-refractivity contribution in [2.45, 2.75) is 6.92 Å². The molecule has 0 unspecified atom stereocenters. The lowest BCUT2D eigenvalue weighted by Crippen LogP contribution is -2.48. The molecule has 150 valence electrons. The number of rotatable bonds is 3. The molecule has 7 nitrogen and oxygen atoms in total. The molecule has 1 aromatic heterocycles. The molecule has 1 amide bonds. The van der Waals surface area contributed by atoms with E-state index < -0.39 is 0 Å². The first-order valence-corrected chi connectivity index (χ1v) is 9.81. The van der Waals surface area contributed by atoms with Crippen molar-refractivity contribution in [3.05, 3.63) is 57.9 Å². The number of aromatic nitrogens is 2. The maximum Gasteiger partial charge on any atom is 0.316 e. The van der Waals surface area contributed by atoms with Gasteiger partial charge >= 0.3 is 11.8 Å². The Balaban J connectivity index is 1.45. The number of hydrogen-bond donors (Lipinski definition) is 1. The zero-order valence-corrected chi connectivity index (χ0v) is 17.1. The van der Waals surface area contributed by atoms with E-state index in [2.05, 4.69) is 40.2 Å². The fourth-order valence-electron chi connectivity index (χ4n) is 3.25. The van der Waals surface area contributed by atoms with Crippen LogP contribution in [0.15, 0.2) is 40.9 Å². The molecule has 29 heavy (non-hydrogen) atoms. The number of aromatic hydroxyl groups is 1. The van der Waals surface area contributed by atoms with E-state index in [0.29, 0.717) is 18.7 Å². The molecule has 4 rings (SSSR count). The van der Waals surface area contributed by atoms with E-state index >= 15 is 0 Å². The highest BCUT2D eigenvalue weighted by molar-refractivity contribution is 6.37. The second kappa shape index (κ2) is 7.93. The molecule has 0 spiro atoms. The van der Waals surface area contributed by atoms with Crippen molar-refractivity contribution in [3.8, 4) is 17.1 Å². The molecule has 0 atom stereocenters. The fraction of sp³-hybridized carbons (Fsp3) is 0.250. The van der Waals surface area contributed by atoms with Crippen molar-refractivity contribution in [3.63, 3.8) is 0 Å². The van der Waals surface area contributed by atoms with Crippen LogP contribution in [0.5, 0.6) is 5.75 Å². The summed E-state index contributed by atoms with van der Waals surface area (Å²) in [4.78, 5) is 20.9. The second-order valence-electron chi connectivity index (χ2n) is 6.83. The lowest BCUT2D eigenvalue weighted by Gasteiger charge is -2.35. The Morgan fingerprint density at radius 1 is 1.10 bits per heavy atom. The average Bonchev–Trinajstić information content (AvgIpc) is 3.21. The van der Waals surface area contributed by atoms with Crippen LogP contribution in [0.4, 0.5) is 5.69 Å². The standard InChI is InChI=1S/C20H18Cl2N4O3/c1-12-3-2-4-14(9-12)25-5-7-26(8-6-25)20(28)19-23-18(24-29-19)13-10-15(21)17(27)16(22)11-13/h2-4,9-11,27H,5-8H2,1H3. The van der Waals surface area contributed by atoms with Crippen LogP contribution < -0.4 is 4.90 Å². The number of nitrogens with zero attached hydrogens (tertiary/aromatic N) is 4. The minimum Gasteiger partial charge on any atom is -0.505 e. The lowest BCUT2D eigenvalue weighted by molar-refractivity contribution is 0.0696. The third kappa shape index (κ3) is 4.02. The summed E-state index contributed by atoms with van der Waals surface area (Å²) in [5.74, 6) is -0.452. The number of phenolic OH excluding ortho intramolecular Hbond substituents is 1. The van der Waals surface area contributed by atoms with Gasteiger partial charge in [0.1, 0.15) is 0 Å². The smallest absolute Gasteiger partial charge is 0.316 e. The number of carbonyl (C=O) groups excluding carboxylic acids is 1. The quantitative estimate of drug-likeness (QED) is 0.672. The number of piperazine rings is 1. The maximum atomic E-state index is 12.7. The monoisotopic (exact) mass is 432 g/mol. The zero-order chi connectivity index (χ0) is 20.5. The molecule has 3 aromatic rings. The van der Waals surface area contributed by atoms with Gasteiger partial charge < -0.3 is 19.4 Å². The zero-order valence-electron chi connectivity index (χ0n) is 15.6. The van der Waals surface area contributed by atoms with Crippen LogP contribution in [-0.2, 0) is 0 Å². The molecule has 0 radical (unpaired) electrons. The van der Waals surface area contributed by atoms with Gasteiger partial charge in [-0.2, -0.15) is 4.98 Å². The van der Waals surface area contributed by atoms with E-state index in [1.165, 1.54) is 17.7 Å². The summed E-state index contributed by atoms with van der Waals surface area (Å²) < 4.78 is 5.16. The SMILES string of the molecule is Cc1cccc(N2CCN(C(=O)c3nc(-c4cc(Cl)c(O)c(Cl)c4)no3)CC2)c1. The van der Waals surface area contributed by atoms with Crippen molar-refractivity contribution in [1.82, 2.24) is 15.0 Å². The summed E-state index contributed by atoms with van der Waals surface area (Å²) in [6, 6.07) is 11.2. The third-order valence-corrected chi connectivity index (χ3v) is 5.39. The van der Waals surface area contributed by atoms with Crippen molar-refractivity contribution < 1.29 is 14.4 Å². The number of benzene rings is 2. The van der Waals surface area contributed by atoms with Crippen LogP contribution in [0.1, 0.15) is 16.2 Å². The third-order valence-electron chi connectivity index (χ3n) is 4.82. The van der Waals surface area contributed by atoms with Gasteiger partial charge in [-0.15, -0.1) is 0 Å². The van der Waals surface area contributed by atoms with Gasteiger partial charge in [0.2, 0.25) is 5.82 Å². The number of anilines is 1. The molecule has 9 heteroatoms. The highest BCUT2D eigenvalue weighted by Gasteiger charge is 2.27. The van der Waals surface area contributed by atoms with E-state index in [1.807, 2.05) is 6.07 Å². The summed E-state index contributed by atoms with van der Waals surface area (Å²) in [5, 5.41) is 13.6. The summed E-state index contributed by atoms with van der Waals surface area (Å²) in [6.45, 7) is 4.62. The van der Waals surface area contributed by atoms with Gasteiger partial charge in [0.05, 0.1) is 10.0 Å². The van der Waals surface area contributed by atoms with Gasteiger partial charge in [0, 0.05) is 37.4 Å². The number of halogens is 2. The Morgan fingerprint density at radius 2 is 1.79 bits per heavy atom. The van der Waals surface area contributed by atoms with Gasteiger partial charge in [-0.1, -0.05) is 40.5 Å². The predicted octanol–water partition coefficient (Wildman–Crippen LogP) is 4.02. The maximum absolute atomic E-state index is 12.7. The Kier molecular flexibility index (Phi) is 5.34. The molecule has 1 fully saturated rings. The molecule has 2 aromatic carbocycles. The molecule has 0 bridgehead atoms. The minimum absolute atomic E-state index is 0.0671. The van der Waals surface area contributed by atoms with Gasteiger partial charge in [0.25, 0.3) is 0 Å². The first-order chi connectivity index (χ1) is 13.9. The second-order valence-corrected chi connectivity index (χ2v) is 7.64. The van der Waals surface area contributed by atoms with Gasteiger partial charge in [-0.25, -0.2) is 0 Å². The Labute approximate surface area is 177 Å². The summed E-state index contributed by atoms with van der Waals surface area (Å²) >= 11 is 11.9. The number of aryl methyl sites for hydroxylation is 1. The molecule has 2 heterocycles. The first kappa shape index (κ1) is 19.5. The van der Waals surface area contributed by atoms with E-state index in [0.717, 1.165) is 18.8 Å². The average molecular weight is 433 g/mol. The largest absolute Gasteiger partial charge is 0.505 e. The van der Waals surface area contributed by atoms with Gasteiger partial charge in [-0.3, -0.25) is 4.79 Å². The van der Waals surface area contributed by atoms with E-state index in [-0.39, 0.29) is 33.4 Å². The van der Waals surface area contributed by atoms with Crippen molar-refractivity contribution in [2.75, 3.05) is 31.1 Å². The van der Waals surface area contributed by atoms with E-state index in [9.17, 15) is 9.90 Å².